The van der Waals surface area contributed by atoms with Crippen LogP contribution in [0.3, 0.4) is 0 Å². The summed E-state index contributed by atoms with van der Waals surface area (Å²) in [7, 11) is 0. The number of Topliss-reactive ketones (excluding diaryl/α,β-unsaturated/α-hetero) is 1. The molecule has 330 valence electrons. The van der Waals surface area contributed by atoms with Crippen LogP contribution in [-0.4, -0.2) is 34.4 Å². The minimum absolute atomic E-state index is 0.00231. The second kappa shape index (κ2) is 15.0. The zero-order valence-electron chi connectivity index (χ0n) is 38.0. The van der Waals surface area contributed by atoms with Crippen molar-refractivity contribution in [2.45, 2.75) is 145 Å². The molecule has 8 nitrogen and oxygen atoms in total. The number of allylic oxidation sites excluding steroid dienone is 1. The molecule has 6 aliphatic carbocycles. The first-order valence-corrected chi connectivity index (χ1v) is 23.5. The summed E-state index contributed by atoms with van der Waals surface area (Å²) in [6, 6.07) is 16.9. The smallest absolute Gasteiger partial charge is 0.315 e. The van der Waals surface area contributed by atoms with Crippen LogP contribution in [0.1, 0.15) is 138 Å². The molecule has 8 rings (SSSR count). The monoisotopic (exact) mass is 852 g/mol. The van der Waals surface area contributed by atoms with Crippen LogP contribution >= 0.6 is 11.6 Å². The minimum Gasteiger partial charge on any atom is -0.481 e. The highest BCUT2D eigenvalue weighted by Crippen LogP contribution is 2.79. The molecule has 61 heavy (non-hydrogen) atoms. The summed E-state index contributed by atoms with van der Waals surface area (Å²) in [5.74, 6) is -0.481. The Bertz CT molecular complexity index is 2130. The minimum atomic E-state index is -1.03. The first-order chi connectivity index (χ1) is 28.6. The molecule has 2 aromatic carbocycles. The molecule has 9 heteroatoms. The van der Waals surface area contributed by atoms with Gasteiger partial charge < -0.3 is 20.5 Å². The largest absolute Gasteiger partial charge is 0.481 e. The summed E-state index contributed by atoms with van der Waals surface area (Å²) < 4.78 is 5.83. The van der Waals surface area contributed by atoms with Gasteiger partial charge in [-0.1, -0.05) is 116 Å². The Hall–Kier alpha value is -3.65. The van der Waals surface area contributed by atoms with E-state index in [9.17, 15) is 24.3 Å². The standard InChI is InChI=1S/C52H69ClN2O6/c1-31(2)41-37(56)28-51(55-45(60)54-29-32-15-17-34(53)18-16-32)26-25-49(8)35(42(41)51)19-20-40-48(7)23-21-39(46(3,4)38(48)22-24-50(40,49)9)52(44(58)59)27-36(47(52,5)6)43(57)61-30-33-13-11-10-12-14-33/h10-18,31,35-36,38-40H,19-30H2,1-9H3,(H,58,59)(H2,54,55,60)/t35-,36+,38-,39+,40-,48-,49-,50-,51-,52-/m1/s1. The molecule has 0 aliphatic heterocycles. The van der Waals surface area contributed by atoms with Crippen LogP contribution in [0.15, 0.2) is 65.7 Å². The highest BCUT2D eigenvalue weighted by atomic mass is 35.5. The lowest BCUT2D eigenvalue weighted by molar-refractivity contribution is -0.261. The Morgan fingerprint density at radius 1 is 0.803 bits per heavy atom. The molecular weight excluding hydrogens is 784 g/mol. The van der Waals surface area contributed by atoms with Crippen molar-refractivity contribution in [1.29, 1.82) is 0 Å². The number of carboxylic acids is 1. The molecular formula is C52H69ClN2O6. The van der Waals surface area contributed by atoms with Crippen molar-refractivity contribution >= 4 is 35.4 Å². The number of hydrogen-bond acceptors (Lipinski definition) is 5. The van der Waals surface area contributed by atoms with E-state index >= 15 is 0 Å². The van der Waals surface area contributed by atoms with Gasteiger partial charge in [0.1, 0.15) is 6.61 Å². The SMILES string of the molecule is CC(C)C1=C2[C@H]3CC[C@@H]4[C@]5(C)CC[C@H]([C@@]6(C(=O)O)C[C@@H](C(=O)OCc7ccccc7)C6(C)C)C(C)(C)[C@H]5CC[C@@]4(C)[C@]3(C)CC[C@@]2(NC(=O)NCc2ccc(Cl)cc2)CC1=O. The normalized spacial score (nSPS) is 38.3. The number of benzene rings is 2. The fourth-order valence-electron chi connectivity index (χ4n) is 16.0. The highest BCUT2D eigenvalue weighted by molar-refractivity contribution is 6.30. The van der Waals surface area contributed by atoms with Crippen LogP contribution in [0.25, 0.3) is 0 Å². The molecule has 5 saturated carbocycles. The number of esters is 1. The summed E-state index contributed by atoms with van der Waals surface area (Å²) in [5, 5.41) is 18.4. The second-order valence-corrected chi connectivity index (χ2v) is 22.9. The van der Waals surface area contributed by atoms with Gasteiger partial charge in [-0.2, -0.15) is 0 Å². The van der Waals surface area contributed by atoms with E-state index in [-0.39, 0.29) is 63.8 Å². The average Bonchev–Trinajstić information content (AvgIpc) is 3.49. The van der Waals surface area contributed by atoms with E-state index in [0.29, 0.717) is 36.2 Å². The summed E-state index contributed by atoms with van der Waals surface area (Å²) in [6.07, 6.45) is 8.11. The van der Waals surface area contributed by atoms with Crippen molar-refractivity contribution in [3.05, 3.63) is 81.9 Å². The van der Waals surface area contributed by atoms with Crippen LogP contribution in [0, 0.1) is 68.0 Å². The van der Waals surface area contributed by atoms with Crippen molar-refractivity contribution in [2.24, 2.45) is 68.0 Å². The highest BCUT2D eigenvalue weighted by Gasteiger charge is 2.76. The Morgan fingerprint density at radius 2 is 1.48 bits per heavy atom. The third kappa shape index (κ3) is 6.39. The molecule has 10 atom stereocenters. The molecule has 0 heterocycles. The molecule has 0 spiro atoms. The fraction of sp³-hybridized carbons (Fsp3) is 0.654. The lowest BCUT2D eigenvalue weighted by Gasteiger charge is -2.74. The van der Waals surface area contributed by atoms with E-state index in [2.05, 4.69) is 59.1 Å². The maximum absolute atomic E-state index is 14.1. The number of carbonyl (C=O) groups excluding carboxylic acids is 3. The van der Waals surface area contributed by atoms with E-state index in [0.717, 1.165) is 68.1 Å². The number of hydrogen-bond donors (Lipinski definition) is 3. The number of urea groups is 1. The number of halogens is 1. The van der Waals surface area contributed by atoms with Crippen molar-refractivity contribution in [3.8, 4) is 0 Å². The van der Waals surface area contributed by atoms with Gasteiger partial charge in [-0.3, -0.25) is 14.4 Å². The van der Waals surface area contributed by atoms with Gasteiger partial charge in [-0.15, -0.1) is 0 Å². The Kier molecular flexibility index (Phi) is 10.8. The summed E-state index contributed by atoms with van der Waals surface area (Å²) in [5.41, 5.74) is 1.14. The number of carboxylic acid groups (broad SMARTS) is 1. The van der Waals surface area contributed by atoms with E-state index in [1.807, 2.05) is 68.4 Å². The maximum atomic E-state index is 14.1. The second-order valence-electron chi connectivity index (χ2n) is 22.5. The molecule has 2 amide bonds. The molecule has 0 unspecified atom stereocenters. The van der Waals surface area contributed by atoms with Gasteiger partial charge in [0, 0.05) is 18.0 Å². The number of ether oxygens (including phenoxy) is 1. The molecule has 2 aromatic rings. The Balaban J connectivity index is 1.04. The zero-order chi connectivity index (χ0) is 44.1. The predicted octanol–water partition coefficient (Wildman–Crippen LogP) is 11.3. The topological polar surface area (TPSA) is 122 Å². The predicted molar refractivity (Wildman–Crippen MR) is 238 cm³/mol. The van der Waals surface area contributed by atoms with E-state index in [4.69, 9.17) is 16.3 Å². The molecule has 0 saturated heterocycles. The Morgan fingerprint density at radius 3 is 2.11 bits per heavy atom. The van der Waals surface area contributed by atoms with Gasteiger partial charge in [0.15, 0.2) is 5.78 Å². The molecule has 0 aromatic heterocycles. The van der Waals surface area contributed by atoms with Gasteiger partial charge >= 0.3 is 18.0 Å². The number of carbonyl (C=O) groups is 4. The lowest BCUT2D eigenvalue weighted by Crippen LogP contribution is -2.71. The van der Waals surface area contributed by atoms with Crippen molar-refractivity contribution in [3.63, 3.8) is 0 Å². The zero-order valence-corrected chi connectivity index (χ0v) is 38.8. The first-order valence-electron chi connectivity index (χ1n) is 23.1. The fourth-order valence-corrected chi connectivity index (χ4v) is 16.1. The van der Waals surface area contributed by atoms with Crippen molar-refractivity contribution in [1.82, 2.24) is 10.6 Å². The van der Waals surface area contributed by atoms with Gasteiger partial charge in [0.2, 0.25) is 0 Å². The maximum Gasteiger partial charge on any atom is 0.315 e. The Labute approximate surface area is 368 Å². The quantitative estimate of drug-likeness (QED) is 0.216. The number of amides is 2. The molecule has 5 fully saturated rings. The molecule has 0 radical (unpaired) electrons. The number of nitrogens with one attached hydrogen (secondary N) is 2. The summed E-state index contributed by atoms with van der Waals surface area (Å²) >= 11 is 6.10. The van der Waals surface area contributed by atoms with Crippen LogP contribution in [0.5, 0.6) is 0 Å². The number of rotatable bonds is 9. The van der Waals surface area contributed by atoms with Crippen LogP contribution in [0.4, 0.5) is 4.79 Å². The summed E-state index contributed by atoms with van der Waals surface area (Å²) in [6.45, 7) is 21.1. The van der Waals surface area contributed by atoms with Gasteiger partial charge in [-0.05, 0) is 149 Å². The summed E-state index contributed by atoms with van der Waals surface area (Å²) in [4.78, 5) is 55.2. The first kappa shape index (κ1) is 44.0. The van der Waals surface area contributed by atoms with Crippen LogP contribution in [0.2, 0.25) is 5.02 Å². The number of fused-ring (bicyclic) bond motifs is 7. The third-order valence-corrected chi connectivity index (χ3v) is 19.5. The van der Waals surface area contributed by atoms with Crippen molar-refractivity contribution in [2.75, 3.05) is 0 Å². The van der Waals surface area contributed by atoms with Crippen LogP contribution in [-0.2, 0) is 32.3 Å². The van der Waals surface area contributed by atoms with Crippen LogP contribution < -0.4 is 10.6 Å². The number of aliphatic carboxylic acids is 1. The van der Waals surface area contributed by atoms with Gasteiger partial charge in [0.05, 0.1) is 16.9 Å². The lowest BCUT2D eigenvalue weighted by atomic mass is 9.30. The van der Waals surface area contributed by atoms with Gasteiger partial charge in [-0.25, -0.2) is 4.79 Å². The van der Waals surface area contributed by atoms with E-state index < -0.39 is 28.3 Å². The van der Waals surface area contributed by atoms with Gasteiger partial charge in [0.25, 0.3) is 0 Å². The van der Waals surface area contributed by atoms with Crippen molar-refractivity contribution < 1.29 is 29.0 Å². The molecule has 3 N–H and O–H groups in total. The van der Waals surface area contributed by atoms with E-state index in [1.54, 1.807) is 0 Å². The molecule has 0 bridgehead atoms. The number of ketones is 1. The third-order valence-electron chi connectivity index (χ3n) is 19.2. The average molecular weight is 854 g/mol. The van der Waals surface area contributed by atoms with E-state index in [1.165, 1.54) is 5.57 Å². The molecule has 6 aliphatic rings.